The number of ether oxygens (including phenoxy) is 2. The zero-order valence-electron chi connectivity index (χ0n) is 19.2. The van der Waals surface area contributed by atoms with Crippen LogP contribution in [0.1, 0.15) is 31.4 Å². The molecule has 0 heterocycles. The van der Waals surface area contributed by atoms with Gasteiger partial charge in [-0.15, -0.1) is 0 Å². The zero-order chi connectivity index (χ0) is 26.2. The molecule has 0 spiro atoms. The fraction of sp³-hybridized carbons (Fsp3) is 0.364. The van der Waals surface area contributed by atoms with Crippen LogP contribution in [0.4, 0.5) is 18.9 Å². The molecule has 0 aliphatic rings. The maximum absolute atomic E-state index is 13.2. The lowest BCUT2D eigenvalue weighted by Crippen LogP contribution is -2.39. The fourth-order valence-electron chi connectivity index (χ4n) is 2.83. The van der Waals surface area contributed by atoms with E-state index in [4.69, 9.17) is 21.1 Å². The number of halogens is 4. The Bertz CT molecular complexity index is 1170. The summed E-state index contributed by atoms with van der Waals surface area (Å²) in [6.07, 6.45) is -1.92. The smallest absolute Gasteiger partial charge is 0.417 e. The van der Waals surface area contributed by atoms with Crippen LogP contribution in [0.5, 0.6) is 11.5 Å². The number of anilines is 1. The van der Waals surface area contributed by atoms with Crippen LogP contribution in [0.3, 0.4) is 0 Å². The number of hydrogen-bond acceptors (Lipinski definition) is 6. The molecule has 0 aromatic heterocycles. The minimum Gasteiger partial charge on any atom is -0.490 e. The Morgan fingerprint density at radius 2 is 1.86 bits per heavy atom. The number of sulfonamides is 1. The largest absolute Gasteiger partial charge is 0.490 e. The lowest BCUT2D eigenvalue weighted by atomic mass is 10.2. The maximum atomic E-state index is 13.2. The van der Waals surface area contributed by atoms with Gasteiger partial charge in [-0.3, -0.25) is 9.10 Å². The van der Waals surface area contributed by atoms with Crippen LogP contribution in [0, 0.1) is 0 Å². The van der Waals surface area contributed by atoms with Gasteiger partial charge < -0.3 is 9.47 Å². The van der Waals surface area contributed by atoms with Crippen molar-refractivity contribution in [3.05, 3.63) is 52.5 Å². The number of nitrogens with zero attached hydrogens (tertiary/aromatic N) is 2. The van der Waals surface area contributed by atoms with E-state index in [1.807, 2.05) is 13.8 Å². The van der Waals surface area contributed by atoms with Gasteiger partial charge in [0.2, 0.25) is 10.0 Å². The standard InChI is InChI=1S/C22H25ClF3N3O5S/c1-4-10-34-19-9-6-15(11-20(19)33-5-2)13-27-28-21(30)14-29(35(3,31)32)16-7-8-18(23)17(12-16)22(24,25)26/h6-9,11-13H,4-5,10,14H2,1-3H3,(H,28,30)/b27-13-. The molecular weight excluding hydrogens is 511 g/mol. The van der Waals surface area contributed by atoms with Crippen LogP contribution < -0.4 is 19.2 Å². The van der Waals surface area contributed by atoms with E-state index in [0.717, 1.165) is 24.8 Å². The third-order valence-corrected chi connectivity index (χ3v) is 5.83. The molecular formula is C22H25ClF3N3O5S. The molecule has 0 aliphatic heterocycles. The molecule has 0 saturated carbocycles. The van der Waals surface area contributed by atoms with Crippen LogP contribution in [-0.2, 0) is 21.0 Å². The van der Waals surface area contributed by atoms with Crippen molar-refractivity contribution >= 4 is 39.4 Å². The minimum atomic E-state index is -4.81. The molecule has 192 valence electrons. The number of carbonyl (C=O) groups is 1. The monoisotopic (exact) mass is 535 g/mol. The summed E-state index contributed by atoms with van der Waals surface area (Å²) in [4.78, 5) is 12.3. The first kappa shape index (κ1) is 28.2. The molecule has 13 heteroatoms. The molecule has 0 fully saturated rings. The highest BCUT2D eigenvalue weighted by molar-refractivity contribution is 7.92. The van der Waals surface area contributed by atoms with Gasteiger partial charge in [0.05, 0.1) is 42.0 Å². The predicted molar refractivity (Wildman–Crippen MR) is 128 cm³/mol. The van der Waals surface area contributed by atoms with Crippen LogP contribution in [-0.4, -0.2) is 46.6 Å². The van der Waals surface area contributed by atoms with Gasteiger partial charge in [0.1, 0.15) is 6.54 Å². The van der Waals surface area contributed by atoms with Crippen molar-refractivity contribution in [2.45, 2.75) is 26.4 Å². The van der Waals surface area contributed by atoms with E-state index < -0.39 is 39.2 Å². The number of hydrogen-bond donors (Lipinski definition) is 1. The number of hydrazone groups is 1. The van der Waals surface area contributed by atoms with Crippen LogP contribution in [0.25, 0.3) is 0 Å². The number of nitrogens with one attached hydrogen (secondary N) is 1. The topological polar surface area (TPSA) is 97.3 Å². The fourth-order valence-corrected chi connectivity index (χ4v) is 3.91. The van der Waals surface area contributed by atoms with E-state index in [9.17, 15) is 26.4 Å². The first-order chi connectivity index (χ1) is 16.4. The second-order valence-corrected chi connectivity index (χ2v) is 9.53. The number of rotatable bonds is 11. The summed E-state index contributed by atoms with van der Waals surface area (Å²) in [7, 11) is -4.11. The quantitative estimate of drug-likeness (QED) is 0.338. The molecule has 35 heavy (non-hydrogen) atoms. The predicted octanol–water partition coefficient (Wildman–Crippen LogP) is 4.46. The Hall–Kier alpha value is -2.99. The van der Waals surface area contributed by atoms with Crippen LogP contribution in [0.15, 0.2) is 41.5 Å². The summed E-state index contributed by atoms with van der Waals surface area (Å²) in [6.45, 7) is 3.90. The number of benzene rings is 2. The van der Waals surface area contributed by atoms with E-state index in [1.54, 1.807) is 18.2 Å². The zero-order valence-corrected chi connectivity index (χ0v) is 20.8. The molecule has 2 aromatic carbocycles. The van der Waals surface area contributed by atoms with Crippen molar-refractivity contribution in [2.75, 3.05) is 30.3 Å². The van der Waals surface area contributed by atoms with Crippen LogP contribution >= 0.6 is 11.6 Å². The molecule has 1 amide bonds. The van der Waals surface area contributed by atoms with E-state index >= 15 is 0 Å². The second-order valence-electron chi connectivity index (χ2n) is 7.21. The van der Waals surface area contributed by atoms with E-state index in [2.05, 4.69) is 10.5 Å². The van der Waals surface area contributed by atoms with Crippen LogP contribution in [0.2, 0.25) is 5.02 Å². The average Bonchev–Trinajstić information content (AvgIpc) is 2.76. The minimum absolute atomic E-state index is 0.368. The number of carbonyl (C=O) groups excluding carboxylic acids is 1. The van der Waals surface area contributed by atoms with Gasteiger partial charge in [-0.25, -0.2) is 13.8 Å². The van der Waals surface area contributed by atoms with Crippen molar-refractivity contribution in [3.8, 4) is 11.5 Å². The molecule has 2 rings (SSSR count). The van der Waals surface area contributed by atoms with Gasteiger partial charge in [0.15, 0.2) is 11.5 Å². The highest BCUT2D eigenvalue weighted by Crippen LogP contribution is 2.37. The highest BCUT2D eigenvalue weighted by Gasteiger charge is 2.34. The molecule has 8 nitrogen and oxygen atoms in total. The summed E-state index contributed by atoms with van der Waals surface area (Å²) >= 11 is 5.59. The molecule has 0 saturated heterocycles. The Labute approximate surface area is 206 Å². The second kappa shape index (κ2) is 12.1. The lowest BCUT2D eigenvalue weighted by molar-refractivity contribution is -0.137. The Morgan fingerprint density at radius 1 is 1.14 bits per heavy atom. The summed E-state index contributed by atoms with van der Waals surface area (Å²) in [6, 6.07) is 7.58. The van der Waals surface area contributed by atoms with E-state index in [1.165, 1.54) is 6.21 Å². The first-order valence-corrected chi connectivity index (χ1v) is 12.7. The summed E-state index contributed by atoms with van der Waals surface area (Å²) in [5.41, 5.74) is 1.13. The first-order valence-electron chi connectivity index (χ1n) is 10.4. The Balaban J connectivity index is 2.17. The molecule has 2 aromatic rings. The summed E-state index contributed by atoms with van der Waals surface area (Å²) < 4.78 is 75.6. The number of amides is 1. The van der Waals surface area contributed by atoms with Gasteiger partial charge >= 0.3 is 6.18 Å². The van der Waals surface area contributed by atoms with Crippen molar-refractivity contribution in [3.63, 3.8) is 0 Å². The normalized spacial score (nSPS) is 12.0. The Kier molecular flexibility index (Phi) is 9.78. The lowest BCUT2D eigenvalue weighted by Gasteiger charge is -2.22. The van der Waals surface area contributed by atoms with Gasteiger partial charge in [0.25, 0.3) is 5.91 Å². The molecule has 0 aliphatic carbocycles. The van der Waals surface area contributed by atoms with Gasteiger partial charge in [-0.1, -0.05) is 18.5 Å². The Morgan fingerprint density at radius 3 is 2.46 bits per heavy atom. The summed E-state index contributed by atoms with van der Waals surface area (Å²) in [5.74, 6) is 0.172. The van der Waals surface area contributed by atoms with Crippen molar-refractivity contribution < 1.29 is 35.9 Å². The van der Waals surface area contributed by atoms with Gasteiger partial charge in [-0.2, -0.15) is 18.3 Å². The highest BCUT2D eigenvalue weighted by atomic mass is 35.5. The molecule has 1 N–H and O–H groups in total. The molecule has 0 unspecified atom stereocenters. The van der Waals surface area contributed by atoms with Crippen molar-refractivity contribution in [2.24, 2.45) is 5.10 Å². The maximum Gasteiger partial charge on any atom is 0.417 e. The van der Waals surface area contributed by atoms with Gasteiger partial charge in [-0.05, 0) is 55.3 Å². The van der Waals surface area contributed by atoms with E-state index in [0.29, 0.717) is 40.6 Å². The molecule has 0 bridgehead atoms. The van der Waals surface area contributed by atoms with Gasteiger partial charge in [0, 0.05) is 0 Å². The molecule has 0 atom stereocenters. The van der Waals surface area contributed by atoms with E-state index in [-0.39, 0.29) is 5.69 Å². The SMILES string of the molecule is CCCOc1ccc(/C=N\NC(=O)CN(c2ccc(Cl)c(C(F)(F)F)c2)S(C)(=O)=O)cc1OCC. The average molecular weight is 536 g/mol. The van der Waals surface area contributed by atoms with Crippen molar-refractivity contribution in [1.29, 1.82) is 0 Å². The van der Waals surface area contributed by atoms with Crippen molar-refractivity contribution in [1.82, 2.24) is 5.43 Å². The summed E-state index contributed by atoms with van der Waals surface area (Å²) in [5, 5.41) is 3.19. The molecule has 0 radical (unpaired) electrons. The third-order valence-electron chi connectivity index (χ3n) is 4.36. The third kappa shape index (κ3) is 8.32. The number of alkyl halides is 3.